The van der Waals surface area contributed by atoms with Gasteiger partial charge in [-0.2, -0.15) is 0 Å². The number of unbranched alkanes of at least 4 members (excludes halogenated alkanes) is 3. The van der Waals surface area contributed by atoms with Crippen molar-refractivity contribution in [1.82, 2.24) is 9.80 Å². The molecule has 4 heteroatoms. The quantitative estimate of drug-likeness (QED) is 0.161. The number of rotatable bonds is 11. The zero-order valence-corrected chi connectivity index (χ0v) is 18.2. The lowest BCUT2D eigenvalue weighted by molar-refractivity contribution is -0.509. The Morgan fingerprint density at radius 2 is 1.27 bits per heavy atom. The first-order chi connectivity index (χ1) is 10.2. The maximum atomic E-state index is 2.59. The van der Waals surface area contributed by atoms with Crippen LogP contribution in [0.1, 0.15) is 73.1 Å². The van der Waals surface area contributed by atoms with E-state index in [2.05, 4.69) is 56.0 Å². The van der Waals surface area contributed by atoms with Crippen molar-refractivity contribution < 1.29 is 28.6 Å². The molecule has 0 amide bonds. The molecule has 0 aliphatic carbocycles. The number of nitrogens with zero attached hydrogens (tertiary/aromatic N) is 3. The van der Waals surface area contributed by atoms with Crippen molar-refractivity contribution in [2.45, 2.75) is 73.1 Å². The summed E-state index contributed by atoms with van der Waals surface area (Å²) >= 11 is 0. The fourth-order valence-corrected chi connectivity index (χ4v) is 2.92. The average molecular weight is 425 g/mol. The highest BCUT2D eigenvalue weighted by molar-refractivity contribution is 5.75. The summed E-state index contributed by atoms with van der Waals surface area (Å²) in [5.74, 6) is 1.44. The van der Waals surface area contributed by atoms with Crippen LogP contribution < -0.4 is 24.0 Å². The number of hydrogen-bond donors (Lipinski definition) is 0. The van der Waals surface area contributed by atoms with Gasteiger partial charge < -0.3 is 24.0 Å². The lowest BCUT2D eigenvalue weighted by Crippen LogP contribution is -3.00. The molecule has 0 radical (unpaired) electrons. The van der Waals surface area contributed by atoms with E-state index >= 15 is 0 Å². The molecule has 134 valence electrons. The molecule has 0 spiro atoms. The summed E-state index contributed by atoms with van der Waals surface area (Å²) < 4.78 is 2.49. The van der Waals surface area contributed by atoms with Gasteiger partial charge in [0.2, 0.25) is 0 Å². The Bertz CT molecular complexity index is 270. The normalized spacial score (nSPS) is 11.7. The van der Waals surface area contributed by atoms with E-state index in [0.717, 1.165) is 13.1 Å². The minimum Gasteiger partial charge on any atom is -1.00 e. The summed E-state index contributed by atoms with van der Waals surface area (Å²) in [7, 11) is 2.28. The molecule has 0 aromatic carbocycles. The third-order valence-corrected chi connectivity index (χ3v) is 4.00. The molecule has 0 aromatic heterocycles. The van der Waals surface area contributed by atoms with Gasteiger partial charge in [0.15, 0.2) is 0 Å². The Morgan fingerprint density at radius 1 is 0.727 bits per heavy atom. The van der Waals surface area contributed by atoms with Crippen LogP contribution in [-0.4, -0.2) is 60.1 Å². The molecular formula is C18H40IN3. The molecule has 0 saturated carbocycles. The van der Waals surface area contributed by atoms with Gasteiger partial charge >= 0.3 is 5.96 Å². The largest absolute Gasteiger partial charge is 1.00 e. The van der Waals surface area contributed by atoms with Gasteiger partial charge in [-0.1, -0.05) is 40.0 Å². The van der Waals surface area contributed by atoms with E-state index in [4.69, 9.17) is 0 Å². The number of guanidine groups is 1. The van der Waals surface area contributed by atoms with Crippen molar-refractivity contribution in [2.24, 2.45) is 0 Å². The molecule has 0 bridgehead atoms. The third-order valence-electron chi connectivity index (χ3n) is 4.00. The molecule has 0 aliphatic heterocycles. The minimum absolute atomic E-state index is 0. The standard InChI is InChI=1S/C18H40N3.HI/c1-7-12-13-14-17-19(6)18(20(10-4)11-5)21(15-8-2)16-9-3;/h7-17H2,1-6H3;1H/q+1;/p-1. The van der Waals surface area contributed by atoms with Crippen molar-refractivity contribution in [3.05, 3.63) is 0 Å². The van der Waals surface area contributed by atoms with Gasteiger partial charge in [0.25, 0.3) is 0 Å². The smallest absolute Gasteiger partial charge is 0.350 e. The Kier molecular flexibility index (Phi) is 17.5. The first-order valence-electron chi connectivity index (χ1n) is 9.23. The molecule has 0 aromatic rings. The second kappa shape index (κ2) is 15.9. The molecule has 0 unspecified atom stereocenters. The second-order valence-electron chi connectivity index (χ2n) is 5.94. The summed E-state index contributed by atoms with van der Waals surface area (Å²) in [4.78, 5) is 5.11. The van der Waals surface area contributed by atoms with Crippen LogP contribution in [0.3, 0.4) is 0 Å². The Morgan fingerprint density at radius 3 is 1.68 bits per heavy atom. The van der Waals surface area contributed by atoms with E-state index in [1.165, 1.54) is 64.1 Å². The summed E-state index contributed by atoms with van der Waals surface area (Å²) in [6.07, 6.45) is 7.77. The monoisotopic (exact) mass is 425 g/mol. The van der Waals surface area contributed by atoms with Crippen molar-refractivity contribution in [3.8, 4) is 0 Å². The van der Waals surface area contributed by atoms with Gasteiger partial charge in [-0.15, -0.1) is 0 Å². The van der Waals surface area contributed by atoms with Gasteiger partial charge in [-0.25, -0.2) is 0 Å². The SMILES string of the molecule is CCCCCC[N+](C)=C(N(CC)CC)N(CCC)CCC.[I-]. The van der Waals surface area contributed by atoms with E-state index in [9.17, 15) is 0 Å². The zero-order valence-electron chi connectivity index (χ0n) is 16.0. The number of halogens is 1. The molecule has 3 nitrogen and oxygen atoms in total. The highest BCUT2D eigenvalue weighted by Crippen LogP contribution is 2.05. The molecule has 0 heterocycles. The van der Waals surface area contributed by atoms with Crippen molar-refractivity contribution >= 4 is 5.96 Å². The molecule has 0 N–H and O–H groups in total. The van der Waals surface area contributed by atoms with Crippen LogP contribution in [0.15, 0.2) is 0 Å². The summed E-state index contributed by atoms with van der Waals surface area (Å²) in [6.45, 7) is 17.1. The fraction of sp³-hybridized carbons (Fsp3) is 0.944. The van der Waals surface area contributed by atoms with Gasteiger partial charge in [0.1, 0.15) is 0 Å². The van der Waals surface area contributed by atoms with Crippen LogP contribution in [0, 0.1) is 0 Å². The predicted molar refractivity (Wildman–Crippen MR) is 95.3 cm³/mol. The van der Waals surface area contributed by atoms with Gasteiger partial charge in [0.05, 0.1) is 39.8 Å². The first-order valence-corrected chi connectivity index (χ1v) is 9.23. The summed E-state index contributed by atoms with van der Waals surface area (Å²) in [6, 6.07) is 0. The highest BCUT2D eigenvalue weighted by Gasteiger charge is 2.25. The van der Waals surface area contributed by atoms with Crippen LogP contribution >= 0.6 is 0 Å². The minimum atomic E-state index is 0. The molecule has 0 saturated heterocycles. The first kappa shape index (κ1) is 24.3. The molecule has 0 rings (SSSR count). The number of hydrogen-bond acceptors (Lipinski definition) is 0. The topological polar surface area (TPSA) is 9.49 Å². The van der Waals surface area contributed by atoms with Crippen LogP contribution in [0.4, 0.5) is 0 Å². The van der Waals surface area contributed by atoms with E-state index in [1.807, 2.05) is 0 Å². The molecular weight excluding hydrogens is 385 g/mol. The molecule has 0 aliphatic rings. The van der Waals surface area contributed by atoms with E-state index in [0.29, 0.717) is 0 Å². The van der Waals surface area contributed by atoms with E-state index in [1.54, 1.807) is 0 Å². The van der Waals surface area contributed by atoms with E-state index in [-0.39, 0.29) is 24.0 Å². The second-order valence-corrected chi connectivity index (χ2v) is 5.94. The maximum Gasteiger partial charge on any atom is 0.350 e. The molecule has 22 heavy (non-hydrogen) atoms. The van der Waals surface area contributed by atoms with Crippen molar-refractivity contribution in [2.75, 3.05) is 39.8 Å². The van der Waals surface area contributed by atoms with Gasteiger partial charge in [-0.3, -0.25) is 14.4 Å². The fourth-order valence-electron chi connectivity index (χ4n) is 2.92. The average Bonchev–Trinajstić information content (AvgIpc) is 2.48. The van der Waals surface area contributed by atoms with Crippen LogP contribution in [0.5, 0.6) is 0 Å². The molecule has 0 fully saturated rings. The van der Waals surface area contributed by atoms with Gasteiger partial charge in [-0.05, 0) is 33.1 Å². The Balaban J connectivity index is 0. The predicted octanol–water partition coefficient (Wildman–Crippen LogP) is 1.03. The van der Waals surface area contributed by atoms with Crippen LogP contribution in [0.2, 0.25) is 0 Å². The summed E-state index contributed by atoms with van der Waals surface area (Å²) in [5, 5.41) is 0. The lowest BCUT2D eigenvalue weighted by atomic mass is 10.2. The van der Waals surface area contributed by atoms with Crippen molar-refractivity contribution in [1.29, 1.82) is 0 Å². The Labute approximate surface area is 157 Å². The molecule has 0 atom stereocenters. The Hall–Kier alpha value is 0. The van der Waals surface area contributed by atoms with E-state index < -0.39 is 0 Å². The van der Waals surface area contributed by atoms with Gasteiger partial charge in [0, 0.05) is 0 Å². The van der Waals surface area contributed by atoms with Crippen LogP contribution in [0.25, 0.3) is 0 Å². The van der Waals surface area contributed by atoms with Crippen molar-refractivity contribution in [3.63, 3.8) is 0 Å². The maximum absolute atomic E-state index is 2.59. The van der Waals surface area contributed by atoms with Crippen LogP contribution in [-0.2, 0) is 0 Å². The third kappa shape index (κ3) is 9.21. The zero-order chi connectivity index (χ0) is 16.1. The lowest BCUT2D eigenvalue weighted by Gasteiger charge is -2.28. The summed E-state index contributed by atoms with van der Waals surface area (Å²) in [5.41, 5.74) is 0. The highest BCUT2D eigenvalue weighted by atomic mass is 127.